The number of rotatable bonds is 7. The van der Waals surface area contributed by atoms with Crippen LogP contribution in [-0.2, 0) is 16.4 Å². The standard InChI is InChI=1S/C21H15ClF4N4O4/c1-20(6-12(7-20)28-17(31)10-32-13-2-3-15(22)16(23)5-13)18-29-30-19(34-18)33-14-4-11(8-27-9-14)21(24,25)26/h2-6,8-9H,7,10H2,1H3,(H,28,31). The molecular formula is C21H15ClF4N4O4. The van der Waals surface area contributed by atoms with Crippen LogP contribution in [0, 0.1) is 5.82 Å². The predicted octanol–water partition coefficient (Wildman–Crippen LogP) is 4.81. The molecule has 2 heterocycles. The fraction of sp³-hybridized carbons (Fsp3) is 0.238. The first kappa shape index (κ1) is 23.5. The molecule has 34 heavy (non-hydrogen) atoms. The summed E-state index contributed by atoms with van der Waals surface area (Å²) in [4.78, 5) is 15.6. The summed E-state index contributed by atoms with van der Waals surface area (Å²) in [6.07, 6.45) is -1.17. The molecule has 0 bridgehead atoms. The summed E-state index contributed by atoms with van der Waals surface area (Å²) in [5.41, 5.74) is -1.13. The number of nitrogens with one attached hydrogen (secondary N) is 1. The van der Waals surface area contributed by atoms with Gasteiger partial charge in [0.2, 0.25) is 5.89 Å². The third kappa shape index (κ3) is 5.28. The van der Waals surface area contributed by atoms with Crippen LogP contribution in [0.4, 0.5) is 17.6 Å². The zero-order chi connectivity index (χ0) is 24.5. The lowest BCUT2D eigenvalue weighted by atomic mass is 9.75. The van der Waals surface area contributed by atoms with Gasteiger partial charge in [0.15, 0.2) is 12.4 Å². The van der Waals surface area contributed by atoms with E-state index in [-0.39, 0.29) is 35.1 Å². The molecule has 0 saturated carbocycles. The zero-order valence-corrected chi connectivity index (χ0v) is 18.1. The van der Waals surface area contributed by atoms with Gasteiger partial charge in [0.25, 0.3) is 5.91 Å². The molecule has 178 valence electrons. The molecule has 3 aromatic rings. The highest BCUT2D eigenvalue weighted by molar-refractivity contribution is 6.30. The molecule has 1 aromatic carbocycles. The summed E-state index contributed by atoms with van der Waals surface area (Å²) in [6.45, 7) is 1.41. The van der Waals surface area contributed by atoms with Gasteiger partial charge in [-0.1, -0.05) is 16.7 Å². The number of nitrogens with zero attached hydrogens (tertiary/aromatic N) is 3. The highest BCUT2D eigenvalue weighted by atomic mass is 35.5. The third-order valence-electron chi connectivity index (χ3n) is 4.75. The maximum atomic E-state index is 13.4. The molecule has 2 aromatic heterocycles. The van der Waals surface area contributed by atoms with E-state index in [9.17, 15) is 22.4 Å². The van der Waals surface area contributed by atoms with Crippen LogP contribution in [0.25, 0.3) is 0 Å². The number of carbonyl (C=O) groups is 1. The summed E-state index contributed by atoms with van der Waals surface area (Å²) in [6, 6.07) is 4.58. The van der Waals surface area contributed by atoms with E-state index < -0.39 is 28.9 Å². The smallest absolute Gasteiger partial charge is 0.420 e. The molecule has 1 N–H and O–H groups in total. The Morgan fingerprint density at radius 1 is 1.24 bits per heavy atom. The number of ether oxygens (including phenoxy) is 2. The van der Waals surface area contributed by atoms with Crippen molar-refractivity contribution in [3.63, 3.8) is 0 Å². The van der Waals surface area contributed by atoms with Crippen LogP contribution >= 0.6 is 11.6 Å². The van der Waals surface area contributed by atoms with Gasteiger partial charge >= 0.3 is 12.3 Å². The molecule has 1 atom stereocenters. The van der Waals surface area contributed by atoms with Crippen molar-refractivity contribution in [1.29, 1.82) is 0 Å². The average molecular weight is 499 g/mol. The first-order valence-corrected chi connectivity index (χ1v) is 10.0. The molecule has 0 saturated heterocycles. The minimum Gasteiger partial charge on any atom is -0.484 e. The van der Waals surface area contributed by atoms with Crippen molar-refractivity contribution in [2.24, 2.45) is 0 Å². The fourth-order valence-corrected chi connectivity index (χ4v) is 3.23. The lowest BCUT2D eigenvalue weighted by molar-refractivity contribution is -0.138. The number of carbonyl (C=O) groups excluding carboxylic acids is 1. The number of pyridine rings is 1. The van der Waals surface area contributed by atoms with E-state index in [4.69, 9.17) is 25.5 Å². The van der Waals surface area contributed by atoms with Gasteiger partial charge in [0, 0.05) is 24.4 Å². The molecule has 0 aliphatic heterocycles. The van der Waals surface area contributed by atoms with Crippen LogP contribution in [-0.4, -0.2) is 27.7 Å². The van der Waals surface area contributed by atoms with Crippen molar-refractivity contribution in [3.05, 3.63) is 70.7 Å². The first-order valence-electron chi connectivity index (χ1n) is 9.65. The van der Waals surface area contributed by atoms with E-state index in [2.05, 4.69) is 20.5 Å². The van der Waals surface area contributed by atoms with Crippen LogP contribution in [0.2, 0.25) is 5.02 Å². The predicted molar refractivity (Wildman–Crippen MR) is 109 cm³/mol. The molecule has 4 rings (SSSR count). The van der Waals surface area contributed by atoms with E-state index in [1.165, 1.54) is 12.1 Å². The Kier molecular flexibility index (Phi) is 6.17. The van der Waals surface area contributed by atoms with Crippen molar-refractivity contribution in [3.8, 4) is 17.6 Å². The monoisotopic (exact) mass is 498 g/mol. The Morgan fingerprint density at radius 3 is 2.71 bits per heavy atom. The maximum absolute atomic E-state index is 13.4. The molecule has 0 fully saturated rings. The second-order valence-corrected chi connectivity index (χ2v) is 7.97. The van der Waals surface area contributed by atoms with Gasteiger partial charge in [-0.2, -0.15) is 13.2 Å². The van der Waals surface area contributed by atoms with Crippen LogP contribution in [0.3, 0.4) is 0 Å². The first-order chi connectivity index (χ1) is 16.0. The summed E-state index contributed by atoms with van der Waals surface area (Å²) in [7, 11) is 0. The minimum absolute atomic E-state index is 0.0585. The summed E-state index contributed by atoms with van der Waals surface area (Å²) < 4.78 is 67.7. The van der Waals surface area contributed by atoms with Gasteiger partial charge in [-0.15, -0.1) is 5.10 Å². The van der Waals surface area contributed by atoms with Gasteiger partial charge in [0.05, 0.1) is 22.2 Å². The second kappa shape index (κ2) is 8.93. The lowest BCUT2D eigenvalue weighted by Crippen LogP contribution is -2.39. The van der Waals surface area contributed by atoms with E-state index in [0.717, 1.165) is 18.3 Å². The van der Waals surface area contributed by atoms with Gasteiger partial charge in [0.1, 0.15) is 11.6 Å². The van der Waals surface area contributed by atoms with E-state index in [0.29, 0.717) is 18.3 Å². The number of hydrogen-bond donors (Lipinski definition) is 1. The number of hydrogen-bond acceptors (Lipinski definition) is 7. The van der Waals surface area contributed by atoms with Crippen LogP contribution < -0.4 is 14.8 Å². The lowest BCUT2D eigenvalue weighted by Gasteiger charge is -2.33. The second-order valence-electron chi connectivity index (χ2n) is 7.56. The van der Waals surface area contributed by atoms with Crippen LogP contribution in [0.1, 0.15) is 24.8 Å². The molecule has 0 spiro atoms. The quantitative estimate of drug-likeness (QED) is 0.467. The van der Waals surface area contributed by atoms with Gasteiger partial charge in [-0.25, -0.2) is 4.39 Å². The molecule has 1 aliphatic carbocycles. The van der Waals surface area contributed by atoms with Crippen molar-refractivity contribution in [2.45, 2.75) is 24.9 Å². The summed E-state index contributed by atoms with van der Waals surface area (Å²) >= 11 is 5.59. The van der Waals surface area contributed by atoms with E-state index in [1.807, 2.05) is 0 Å². The number of aromatic nitrogens is 3. The van der Waals surface area contributed by atoms with Gasteiger partial charge in [-0.05, 0) is 31.2 Å². The van der Waals surface area contributed by atoms with Crippen molar-refractivity contribution in [1.82, 2.24) is 20.5 Å². The number of amides is 1. The number of allylic oxidation sites excluding steroid dienone is 2. The normalized spacial score (nSPS) is 17.5. The molecule has 1 unspecified atom stereocenters. The fourth-order valence-electron chi connectivity index (χ4n) is 3.11. The molecular weight excluding hydrogens is 484 g/mol. The molecule has 1 aliphatic rings. The highest BCUT2D eigenvalue weighted by Gasteiger charge is 2.40. The van der Waals surface area contributed by atoms with Crippen LogP contribution in [0.5, 0.6) is 17.6 Å². The maximum Gasteiger partial charge on any atom is 0.420 e. The van der Waals surface area contributed by atoms with Crippen LogP contribution in [0.15, 0.2) is 52.8 Å². The largest absolute Gasteiger partial charge is 0.484 e. The third-order valence-corrected chi connectivity index (χ3v) is 5.06. The SMILES string of the molecule is CC1(c2nnc(Oc3cncc(C(F)(F)F)c3)o2)C=C(NC(=O)COc2ccc(Cl)c(F)c2)C1. The molecule has 13 heteroatoms. The minimum atomic E-state index is -4.58. The van der Waals surface area contributed by atoms with E-state index >= 15 is 0 Å². The van der Waals surface area contributed by atoms with Gasteiger partial charge in [-0.3, -0.25) is 9.78 Å². The topological polar surface area (TPSA) is 99.4 Å². The average Bonchev–Trinajstić information content (AvgIpc) is 3.22. The number of halogens is 5. The molecule has 1 amide bonds. The number of benzene rings is 1. The van der Waals surface area contributed by atoms with Crippen molar-refractivity contribution < 1.29 is 36.2 Å². The Balaban J connectivity index is 1.33. The Bertz CT molecular complexity index is 1260. The zero-order valence-electron chi connectivity index (χ0n) is 17.3. The number of alkyl halides is 3. The van der Waals surface area contributed by atoms with Crippen molar-refractivity contribution in [2.75, 3.05) is 6.61 Å². The Labute approximate surface area is 194 Å². The molecule has 0 radical (unpaired) electrons. The van der Waals surface area contributed by atoms with E-state index in [1.54, 1.807) is 13.0 Å². The summed E-state index contributed by atoms with van der Waals surface area (Å²) in [5.74, 6) is -1.04. The molecule has 8 nitrogen and oxygen atoms in total. The Hall–Kier alpha value is -3.67. The summed E-state index contributed by atoms with van der Waals surface area (Å²) in [5, 5.41) is 10.1. The van der Waals surface area contributed by atoms with Gasteiger partial charge < -0.3 is 19.2 Å². The van der Waals surface area contributed by atoms with Crippen molar-refractivity contribution >= 4 is 17.5 Å². The Morgan fingerprint density at radius 2 is 2.00 bits per heavy atom. The highest BCUT2D eigenvalue weighted by Crippen LogP contribution is 2.41.